The first kappa shape index (κ1) is 12.2. The summed E-state index contributed by atoms with van der Waals surface area (Å²) in [6.07, 6.45) is 1.31. The molecule has 7 heteroatoms. The number of nitrogens with zero attached hydrogens (tertiary/aromatic N) is 2. The minimum Gasteiger partial charge on any atom is -0.382 e. The van der Waals surface area contributed by atoms with Crippen LogP contribution in [0.5, 0.6) is 0 Å². The van der Waals surface area contributed by atoms with Crippen LogP contribution in [0.4, 0.5) is 17.3 Å². The van der Waals surface area contributed by atoms with Crippen molar-refractivity contribution in [3.8, 4) is 0 Å². The third kappa shape index (κ3) is 2.72. The average molecular weight is 290 g/mol. The van der Waals surface area contributed by atoms with Crippen LogP contribution >= 0.6 is 34.8 Å². The van der Waals surface area contributed by atoms with E-state index in [0.717, 1.165) is 0 Å². The van der Waals surface area contributed by atoms with Crippen molar-refractivity contribution in [2.24, 2.45) is 0 Å². The SMILES string of the molecule is Nc1ncnc(Nc2cc(Cl)ccc2Cl)c1Cl. The molecule has 0 amide bonds. The number of halogens is 3. The summed E-state index contributed by atoms with van der Waals surface area (Å²) in [5.41, 5.74) is 6.16. The van der Waals surface area contributed by atoms with E-state index in [1.165, 1.54) is 6.33 Å². The van der Waals surface area contributed by atoms with Crippen LogP contribution in [-0.4, -0.2) is 9.97 Å². The zero-order valence-corrected chi connectivity index (χ0v) is 10.7. The highest BCUT2D eigenvalue weighted by Gasteiger charge is 2.08. The van der Waals surface area contributed by atoms with E-state index in [1.54, 1.807) is 18.2 Å². The molecule has 88 valence electrons. The van der Waals surface area contributed by atoms with Gasteiger partial charge in [-0.25, -0.2) is 9.97 Å². The van der Waals surface area contributed by atoms with Gasteiger partial charge in [-0.15, -0.1) is 0 Å². The van der Waals surface area contributed by atoms with Crippen LogP contribution in [-0.2, 0) is 0 Å². The molecule has 3 N–H and O–H groups in total. The van der Waals surface area contributed by atoms with Gasteiger partial charge in [0.05, 0.1) is 10.7 Å². The third-order valence-corrected chi connectivity index (χ3v) is 2.94. The maximum absolute atomic E-state index is 6.00. The number of nitrogens with one attached hydrogen (secondary N) is 1. The van der Waals surface area contributed by atoms with Crippen molar-refractivity contribution in [2.45, 2.75) is 0 Å². The molecule has 2 rings (SSSR count). The van der Waals surface area contributed by atoms with E-state index in [2.05, 4.69) is 15.3 Å². The van der Waals surface area contributed by atoms with Gasteiger partial charge in [0.1, 0.15) is 17.2 Å². The van der Waals surface area contributed by atoms with E-state index in [9.17, 15) is 0 Å². The molecule has 0 aliphatic carbocycles. The Bertz CT molecular complexity index is 559. The average Bonchev–Trinajstić information content (AvgIpc) is 2.30. The van der Waals surface area contributed by atoms with Crippen LogP contribution in [0.15, 0.2) is 24.5 Å². The Morgan fingerprint density at radius 3 is 2.65 bits per heavy atom. The van der Waals surface area contributed by atoms with Crippen LogP contribution < -0.4 is 11.1 Å². The molecule has 17 heavy (non-hydrogen) atoms. The molecule has 1 aromatic carbocycles. The summed E-state index contributed by atoms with van der Waals surface area (Å²) in [6, 6.07) is 5.02. The Morgan fingerprint density at radius 1 is 1.12 bits per heavy atom. The van der Waals surface area contributed by atoms with Gasteiger partial charge < -0.3 is 11.1 Å². The molecule has 0 saturated carbocycles. The molecular weight excluding hydrogens is 282 g/mol. The summed E-state index contributed by atoms with van der Waals surface area (Å²) in [7, 11) is 0. The number of nitrogen functional groups attached to an aromatic ring is 1. The van der Waals surface area contributed by atoms with Gasteiger partial charge >= 0.3 is 0 Å². The summed E-state index contributed by atoms with van der Waals surface area (Å²) in [5.74, 6) is 0.575. The van der Waals surface area contributed by atoms with Crippen molar-refractivity contribution in [1.29, 1.82) is 0 Å². The van der Waals surface area contributed by atoms with Gasteiger partial charge in [-0.3, -0.25) is 0 Å². The Balaban J connectivity index is 2.38. The van der Waals surface area contributed by atoms with Crippen molar-refractivity contribution >= 4 is 52.1 Å². The van der Waals surface area contributed by atoms with Gasteiger partial charge in [0.15, 0.2) is 5.82 Å². The predicted octanol–water partition coefficient (Wildman–Crippen LogP) is 3.76. The first-order valence-electron chi connectivity index (χ1n) is 4.56. The van der Waals surface area contributed by atoms with Gasteiger partial charge in [0, 0.05) is 5.02 Å². The summed E-state index contributed by atoms with van der Waals surface area (Å²) in [6.45, 7) is 0. The lowest BCUT2D eigenvalue weighted by molar-refractivity contribution is 1.18. The fourth-order valence-corrected chi connectivity index (χ4v) is 1.67. The van der Waals surface area contributed by atoms with E-state index in [1.807, 2.05) is 0 Å². The highest BCUT2D eigenvalue weighted by atomic mass is 35.5. The van der Waals surface area contributed by atoms with E-state index in [4.69, 9.17) is 40.5 Å². The molecule has 2 aromatic rings. The monoisotopic (exact) mass is 288 g/mol. The van der Waals surface area contributed by atoms with Crippen molar-refractivity contribution < 1.29 is 0 Å². The highest BCUT2D eigenvalue weighted by molar-refractivity contribution is 6.36. The molecule has 0 spiro atoms. The lowest BCUT2D eigenvalue weighted by Gasteiger charge is -2.09. The zero-order valence-electron chi connectivity index (χ0n) is 8.42. The smallest absolute Gasteiger partial charge is 0.154 e. The number of benzene rings is 1. The first-order valence-corrected chi connectivity index (χ1v) is 5.69. The normalized spacial score (nSPS) is 10.3. The molecule has 0 unspecified atom stereocenters. The number of hydrogen-bond donors (Lipinski definition) is 2. The quantitative estimate of drug-likeness (QED) is 0.883. The van der Waals surface area contributed by atoms with Crippen LogP contribution in [0.1, 0.15) is 0 Å². The molecule has 0 fully saturated rings. The van der Waals surface area contributed by atoms with Crippen LogP contribution in [0.3, 0.4) is 0 Å². The number of rotatable bonds is 2. The number of nitrogens with two attached hydrogens (primary N) is 1. The highest BCUT2D eigenvalue weighted by Crippen LogP contribution is 2.31. The molecule has 0 atom stereocenters. The molecule has 0 radical (unpaired) electrons. The van der Waals surface area contributed by atoms with Crippen LogP contribution in [0.2, 0.25) is 15.1 Å². The molecule has 0 aliphatic heterocycles. The van der Waals surface area contributed by atoms with Gasteiger partial charge in [-0.1, -0.05) is 34.8 Å². The third-order valence-electron chi connectivity index (χ3n) is 2.00. The molecule has 4 nitrogen and oxygen atoms in total. The van der Waals surface area contributed by atoms with Crippen molar-refractivity contribution in [3.05, 3.63) is 39.6 Å². The van der Waals surface area contributed by atoms with E-state index < -0.39 is 0 Å². The zero-order chi connectivity index (χ0) is 12.4. The molecule has 0 aliphatic rings. The maximum atomic E-state index is 6.00. The minimum absolute atomic E-state index is 0.197. The molecule has 0 bridgehead atoms. The number of hydrogen-bond acceptors (Lipinski definition) is 4. The molecule has 0 saturated heterocycles. The Kier molecular flexibility index (Phi) is 3.57. The lowest BCUT2D eigenvalue weighted by Crippen LogP contribution is -2.00. The van der Waals surface area contributed by atoms with E-state index in [-0.39, 0.29) is 10.8 Å². The second-order valence-corrected chi connectivity index (χ2v) is 4.39. The number of aromatic nitrogens is 2. The van der Waals surface area contributed by atoms with Crippen molar-refractivity contribution in [2.75, 3.05) is 11.1 Å². The number of anilines is 3. The lowest BCUT2D eigenvalue weighted by atomic mass is 10.3. The summed E-state index contributed by atoms with van der Waals surface area (Å²) in [4.78, 5) is 7.73. The second kappa shape index (κ2) is 4.96. The van der Waals surface area contributed by atoms with Gasteiger partial charge in [-0.05, 0) is 18.2 Å². The Hall–Kier alpha value is -1.23. The Labute approximate surface area is 113 Å². The maximum Gasteiger partial charge on any atom is 0.154 e. The standard InChI is InChI=1S/C10H7Cl3N4/c11-5-1-2-6(12)7(3-5)17-10-8(13)9(14)15-4-16-10/h1-4H,(H3,14,15,16,17). The van der Waals surface area contributed by atoms with Crippen molar-refractivity contribution in [3.63, 3.8) is 0 Å². The largest absolute Gasteiger partial charge is 0.382 e. The summed E-state index contributed by atoms with van der Waals surface area (Å²) in [5, 5.41) is 4.24. The van der Waals surface area contributed by atoms with Crippen molar-refractivity contribution in [1.82, 2.24) is 9.97 Å². The first-order chi connectivity index (χ1) is 8.08. The fourth-order valence-electron chi connectivity index (χ4n) is 1.19. The van der Waals surface area contributed by atoms with E-state index in [0.29, 0.717) is 21.6 Å². The van der Waals surface area contributed by atoms with Gasteiger partial charge in [0.25, 0.3) is 0 Å². The topological polar surface area (TPSA) is 63.8 Å². The van der Waals surface area contributed by atoms with Crippen LogP contribution in [0.25, 0.3) is 0 Å². The Morgan fingerprint density at radius 2 is 1.88 bits per heavy atom. The van der Waals surface area contributed by atoms with E-state index >= 15 is 0 Å². The molecule has 1 heterocycles. The molecule has 1 aromatic heterocycles. The minimum atomic E-state index is 0.197. The van der Waals surface area contributed by atoms with Gasteiger partial charge in [-0.2, -0.15) is 0 Å². The molecular formula is C10H7Cl3N4. The van der Waals surface area contributed by atoms with Gasteiger partial charge in [0.2, 0.25) is 0 Å². The fraction of sp³-hybridized carbons (Fsp3) is 0. The summed E-state index contributed by atoms with van der Waals surface area (Å²) < 4.78 is 0. The summed E-state index contributed by atoms with van der Waals surface area (Å²) >= 11 is 17.8. The van der Waals surface area contributed by atoms with Crippen LogP contribution in [0, 0.1) is 0 Å². The predicted molar refractivity (Wildman–Crippen MR) is 71.2 cm³/mol. The second-order valence-electron chi connectivity index (χ2n) is 3.17.